The average molecular weight is 149 g/mol. The second-order valence-electron chi connectivity index (χ2n) is 1.86. The minimum absolute atomic E-state index is 0.193. The highest BCUT2D eigenvalue weighted by Gasteiger charge is 1.87. The van der Waals surface area contributed by atoms with Crippen molar-refractivity contribution in [1.29, 1.82) is 5.41 Å². The third-order valence-corrected chi connectivity index (χ3v) is 1.08. The molecule has 0 amide bonds. The summed E-state index contributed by atoms with van der Waals surface area (Å²) in [5, 5.41) is 22.4. The Bertz CT molecular complexity index is 266. The second kappa shape index (κ2) is 3.46. The van der Waals surface area contributed by atoms with Gasteiger partial charge in [0.25, 0.3) is 0 Å². The molecule has 1 rings (SSSR count). The van der Waals surface area contributed by atoms with Crippen LogP contribution in [0.25, 0.3) is 0 Å². The Kier molecular flexibility index (Phi) is 2.32. The van der Waals surface area contributed by atoms with Gasteiger partial charge in [-0.05, 0) is 24.3 Å². The Balaban J connectivity index is 2.81. The standard InChI is InChI=1S/C7H7N3O/c8-5-9-10-6-1-3-7(11)4-2-6/h1-5,8,11H. The zero-order valence-corrected chi connectivity index (χ0v) is 5.73. The van der Waals surface area contributed by atoms with Crippen LogP contribution in [0.4, 0.5) is 5.69 Å². The molecule has 4 nitrogen and oxygen atoms in total. The first-order valence-corrected chi connectivity index (χ1v) is 3.02. The van der Waals surface area contributed by atoms with E-state index in [-0.39, 0.29) is 5.75 Å². The molecule has 4 heteroatoms. The maximum atomic E-state index is 8.86. The number of rotatable bonds is 2. The van der Waals surface area contributed by atoms with E-state index in [1.165, 1.54) is 12.1 Å². The van der Waals surface area contributed by atoms with Crippen LogP contribution in [0.3, 0.4) is 0 Å². The fraction of sp³-hybridized carbons (Fsp3) is 0. The third-order valence-electron chi connectivity index (χ3n) is 1.08. The molecule has 0 bridgehead atoms. The number of hydrogen-bond donors (Lipinski definition) is 2. The van der Waals surface area contributed by atoms with Gasteiger partial charge in [0.15, 0.2) is 0 Å². The lowest BCUT2D eigenvalue weighted by Crippen LogP contribution is -1.64. The van der Waals surface area contributed by atoms with E-state index in [9.17, 15) is 0 Å². The molecule has 0 aliphatic heterocycles. The third kappa shape index (κ3) is 2.17. The molecule has 0 saturated carbocycles. The summed E-state index contributed by atoms with van der Waals surface area (Å²) in [5.41, 5.74) is 0.617. The van der Waals surface area contributed by atoms with Crippen LogP contribution in [0.5, 0.6) is 5.75 Å². The zero-order chi connectivity index (χ0) is 8.10. The number of nitrogens with zero attached hydrogens (tertiary/aromatic N) is 2. The van der Waals surface area contributed by atoms with E-state index in [1.807, 2.05) is 0 Å². The Morgan fingerprint density at radius 3 is 2.45 bits per heavy atom. The van der Waals surface area contributed by atoms with Crippen molar-refractivity contribution in [1.82, 2.24) is 0 Å². The van der Waals surface area contributed by atoms with Gasteiger partial charge in [0.2, 0.25) is 0 Å². The molecule has 0 aromatic heterocycles. The van der Waals surface area contributed by atoms with E-state index >= 15 is 0 Å². The highest BCUT2D eigenvalue weighted by molar-refractivity contribution is 5.51. The molecule has 0 spiro atoms. The van der Waals surface area contributed by atoms with E-state index in [0.717, 1.165) is 6.34 Å². The first kappa shape index (κ1) is 7.40. The zero-order valence-electron chi connectivity index (χ0n) is 5.73. The van der Waals surface area contributed by atoms with Gasteiger partial charge in [-0.15, -0.1) is 10.2 Å². The van der Waals surface area contributed by atoms with Gasteiger partial charge in [0.05, 0.1) is 5.69 Å². The Morgan fingerprint density at radius 2 is 1.91 bits per heavy atom. The number of phenols is 1. The van der Waals surface area contributed by atoms with Crippen LogP contribution < -0.4 is 0 Å². The van der Waals surface area contributed by atoms with Gasteiger partial charge < -0.3 is 5.11 Å². The molecule has 0 unspecified atom stereocenters. The van der Waals surface area contributed by atoms with E-state index in [1.54, 1.807) is 12.1 Å². The summed E-state index contributed by atoms with van der Waals surface area (Å²) in [7, 11) is 0. The van der Waals surface area contributed by atoms with Crippen molar-refractivity contribution in [2.24, 2.45) is 10.2 Å². The van der Waals surface area contributed by atoms with Crippen molar-refractivity contribution in [3.05, 3.63) is 24.3 Å². The second-order valence-corrected chi connectivity index (χ2v) is 1.86. The molecule has 56 valence electrons. The molecular formula is C7H7N3O. The van der Waals surface area contributed by atoms with Crippen LogP contribution in [-0.2, 0) is 0 Å². The SMILES string of the molecule is N=CN=Nc1ccc(O)cc1. The summed E-state index contributed by atoms with van der Waals surface area (Å²) in [6.45, 7) is 0. The molecule has 0 atom stereocenters. The van der Waals surface area contributed by atoms with Crippen LogP contribution >= 0.6 is 0 Å². The smallest absolute Gasteiger partial charge is 0.129 e. The Labute approximate surface area is 63.7 Å². The van der Waals surface area contributed by atoms with E-state index in [0.29, 0.717) is 5.69 Å². The molecule has 0 heterocycles. The lowest BCUT2D eigenvalue weighted by molar-refractivity contribution is 0.475. The van der Waals surface area contributed by atoms with Crippen molar-refractivity contribution >= 4 is 12.0 Å². The molecule has 0 aliphatic carbocycles. The molecule has 2 N–H and O–H groups in total. The topological polar surface area (TPSA) is 68.8 Å². The average Bonchev–Trinajstić information content (AvgIpc) is 2.04. The molecule has 0 saturated heterocycles. The molecule has 11 heavy (non-hydrogen) atoms. The fourth-order valence-corrected chi connectivity index (χ4v) is 0.615. The molecule has 0 aliphatic rings. The van der Waals surface area contributed by atoms with Crippen molar-refractivity contribution in [2.75, 3.05) is 0 Å². The Morgan fingerprint density at radius 1 is 1.27 bits per heavy atom. The van der Waals surface area contributed by atoms with Crippen LogP contribution in [-0.4, -0.2) is 11.4 Å². The number of azo groups is 1. The number of nitrogens with one attached hydrogen (secondary N) is 1. The molecule has 1 aromatic rings. The monoisotopic (exact) mass is 149 g/mol. The largest absolute Gasteiger partial charge is 0.508 e. The fourth-order valence-electron chi connectivity index (χ4n) is 0.615. The number of benzene rings is 1. The van der Waals surface area contributed by atoms with Gasteiger partial charge in [-0.2, -0.15) is 0 Å². The first-order chi connectivity index (χ1) is 5.33. The van der Waals surface area contributed by atoms with Crippen molar-refractivity contribution in [3.63, 3.8) is 0 Å². The summed E-state index contributed by atoms with van der Waals surface area (Å²) in [4.78, 5) is 0. The number of aromatic hydroxyl groups is 1. The highest BCUT2D eigenvalue weighted by Crippen LogP contribution is 2.16. The van der Waals surface area contributed by atoms with E-state index in [4.69, 9.17) is 10.5 Å². The van der Waals surface area contributed by atoms with Crippen molar-refractivity contribution in [2.45, 2.75) is 0 Å². The predicted octanol–water partition coefficient (Wildman–Crippen LogP) is 2.08. The molecule has 0 fully saturated rings. The normalized spacial score (nSPS) is 10.2. The lowest BCUT2D eigenvalue weighted by atomic mass is 10.3. The van der Waals surface area contributed by atoms with Crippen LogP contribution in [0.15, 0.2) is 34.5 Å². The predicted molar refractivity (Wildman–Crippen MR) is 41.4 cm³/mol. The van der Waals surface area contributed by atoms with E-state index < -0.39 is 0 Å². The summed E-state index contributed by atoms with van der Waals surface area (Å²) >= 11 is 0. The highest BCUT2D eigenvalue weighted by atomic mass is 16.3. The maximum Gasteiger partial charge on any atom is 0.129 e. The minimum atomic E-state index is 0.193. The molecular weight excluding hydrogens is 142 g/mol. The molecule has 0 radical (unpaired) electrons. The summed E-state index contributed by atoms with van der Waals surface area (Å²) in [6.07, 6.45) is 0.854. The summed E-state index contributed by atoms with van der Waals surface area (Å²) in [5.74, 6) is 0.193. The molecule has 1 aromatic carbocycles. The van der Waals surface area contributed by atoms with E-state index in [2.05, 4.69) is 10.2 Å². The van der Waals surface area contributed by atoms with Gasteiger partial charge in [-0.1, -0.05) is 0 Å². The minimum Gasteiger partial charge on any atom is -0.508 e. The summed E-state index contributed by atoms with van der Waals surface area (Å²) in [6, 6.07) is 6.25. The van der Waals surface area contributed by atoms with Crippen molar-refractivity contribution < 1.29 is 5.11 Å². The van der Waals surface area contributed by atoms with Crippen LogP contribution in [0.1, 0.15) is 0 Å². The number of hydrogen-bond acceptors (Lipinski definition) is 3. The Hall–Kier alpha value is -1.71. The maximum absolute atomic E-state index is 8.86. The van der Waals surface area contributed by atoms with Crippen LogP contribution in [0.2, 0.25) is 0 Å². The van der Waals surface area contributed by atoms with Gasteiger partial charge in [0, 0.05) is 0 Å². The van der Waals surface area contributed by atoms with Gasteiger partial charge >= 0.3 is 0 Å². The first-order valence-electron chi connectivity index (χ1n) is 3.02. The van der Waals surface area contributed by atoms with Gasteiger partial charge in [-0.25, -0.2) is 0 Å². The van der Waals surface area contributed by atoms with Gasteiger partial charge in [0.1, 0.15) is 12.1 Å². The van der Waals surface area contributed by atoms with Gasteiger partial charge in [-0.3, -0.25) is 5.41 Å². The number of phenolic OH excluding ortho intramolecular Hbond substituents is 1. The van der Waals surface area contributed by atoms with Crippen LogP contribution in [0, 0.1) is 5.41 Å². The lowest BCUT2D eigenvalue weighted by Gasteiger charge is -1.90. The van der Waals surface area contributed by atoms with Crippen molar-refractivity contribution in [3.8, 4) is 5.75 Å². The quantitative estimate of drug-likeness (QED) is 0.377. The summed E-state index contributed by atoms with van der Waals surface area (Å²) < 4.78 is 0.